The van der Waals surface area contributed by atoms with Gasteiger partial charge >= 0.3 is 5.97 Å². The molecule has 0 heterocycles. The fourth-order valence-electron chi connectivity index (χ4n) is 2.90. The van der Waals surface area contributed by atoms with E-state index >= 15 is 0 Å². The number of carboxylic acids is 1. The van der Waals surface area contributed by atoms with Crippen molar-refractivity contribution in [3.63, 3.8) is 0 Å². The van der Waals surface area contributed by atoms with E-state index in [0.717, 1.165) is 17.8 Å². The summed E-state index contributed by atoms with van der Waals surface area (Å²) in [7, 11) is 0. The summed E-state index contributed by atoms with van der Waals surface area (Å²) in [5.74, 6) is -0.866. The van der Waals surface area contributed by atoms with Gasteiger partial charge in [-0.2, -0.15) is 11.8 Å². The quantitative estimate of drug-likeness (QED) is 0.855. The Kier molecular flexibility index (Phi) is 4.97. The Hall–Kier alpha value is -1.16. The number of benzene rings is 1. The van der Waals surface area contributed by atoms with E-state index in [0.29, 0.717) is 5.56 Å². The van der Waals surface area contributed by atoms with E-state index in [1.54, 1.807) is 6.07 Å². The number of nitrogens with one attached hydrogen (secondary N) is 1. The number of carboxylic acid groups (broad SMARTS) is 1. The van der Waals surface area contributed by atoms with Crippen LogP contribution in [0, 0.1) is 6.92 Å². The van der Waals surface area contributed by atoms with Gasteiger partial charge in [0.25, 0.3) is 0 Å². The number of aryl methyl sites for hydroxylation is 1. The first-order valence-corrected chi connectivity index (χ1v) is 8.42. The molecule has 3 nitrogen and oxygen atoms in total. The van der Waals surface area contributed by atoms with Gasteiger partial charge in [0.1, 0.15) is 0 Å². The third-order valence-corrected chi connectivity index (χ3v) is 5.62. The van der Waals surface area contributed by atoms with Crippen molar-refractivity contribution in [2.45, 2.75) is 43.8 Å². The predicted octanol–water partition coefficient (Wildman–Crippen LogP) is 4.17. The van der Waals surface area contributed by atoms with E-state index in [1.807, 2.05) is 30.8 Å². The van der Waals surface area contributed by atoms with E-state index in [9.17, 15) is 9.90 Å². The minimum atomic E-state index is -0.866. The Labute approximate surface area is 125 Å². The highest BCUT2D eigenvalue weighted by Gasteiger charge is 2.31. The van der Waals surface area contributed by atoms with Crippen molar-refractivity contribution >= 4 is 23.4 Å². The zero-order valence-corrected chi connectivity index (χ0v) is 13.1. The van der Waals surface area contributed by atoms with Gasteiger partial charge in [-0.05, 0) is 43.7 Å². The molecule has 1 aliphatic carbocycles. The largest absolute Gasteiger partial charge is 0.478 e. The van der Waals surface area contributed by atoms with Crippen molar-refractivity contribution in [1.29, 1.82) is 0 Å². The van der Waals surface area contributed by atoms with E-state index in [4.69, 9.17) is 0 Å². The summed E-state index contributed by atoms with van der Waals surface area (Å²) in [6, 6.07) is 5.46. The number of carbonyl (C=O) groups is 1. The minimum Gasteiger partial charge on any atom is -0.478 e. The number of rotatable bonds is 5. The third-order valence-electron chi connectivity index (χ3n) is 4.20. The summed E-state index contributed by atoms with van der Waals surface area (Å²) in [6.07, 6.45) is 8.49. The summed E-state index contributed by atoms with van der Waals surface area (Å²) in [5, 5.41) is 12.7. The molecule has 1 saturated carbocycles. The minimum absolute atomic E-state index is 0.262. The molecular formula is C16H23NO2S. The van der Waals surface area contributed by atoms with Gasteiger partial charge in [0, 0.05) is 17.0 Å². The molecule has 0 bridgehead atoms. The number of thioether (sulfide) groups is 1. The van der Waals surface area contributed by atoms with E-state index < -0.39 is 5.97 Å². The molecule has 2 N–H and O–H groups in total. The summed E-state index contributed by atoms with van der Waals surface area (Å²) < 4.78 is 0.262. The lowest BCUT2D eigenvalue weighted by Gasteiger charge is -2.36. The van der Waals surface area contributed by atoms with Gasteiger partial charge in [0.2, 0.25) is 0 Å². The Morgan fingerprint density at radius 1 is 1.35 bits per heavy atom. The molecule has 110 valence electrons. The van der Waals surface area contributed by atoms with Gasteiger partial charge in [-0.25, -0.2) is 4.79 Å². The maximum atomic E-state index is 11.3. The number of anilines is 1. The number of hydrogen-bond acceptors (Lipinski definition) is 3. The molecule has 4 heteroatoms. The highest BCUT2D eigenvalue weighted by molar-refractivity contribution is 8.00. The first kappa shape index (κ1) is 15.2. The van der Waals surface area contributed by atoms with Gasteiger partial charge in [0.15, 0.2) is 0 Å². The average Bonchev–Trinajstić information content (AvgIpc) is 2.46. The Morgan fingerprint density at radius 2 is 2.05 bits per heavy atom. The first-order chi connectivity index (χ1) is 9.56. The molecule has 2 rings (SSSR count). The maximum absolute atomic E-state index is 11.3. The molecule has 1 aromatic rings. The van der Waals surface area contributed by atoms with Crippen LogP contribution in [-0.4, -0.2) is 28.6 Å². The van der Waals surface area contributed by atoms with Crippen LogP contribution in [0.3, 0.4) is 0 Å². The molecule has 0 saturated heterocycles. The van der Waals surface area contributed by atoms with Crippen molar-refractivity contribution in [3.05, 3.63) is 29.3 Å². The van der Waals surface area contributed by atoms with Gasteiger partial charge in [-0.1, -0.05) is 25.3 Å². The van der Waals surface area contributed by atoms with Crippen molar-refractivity contribution in [2.75, 3.05) is 18.1 Å². The summed E-state index contributed by atoms with van der Waals surface area (Å²) in [6.45, 7) is 2.83. The first-order valence-electron chi connectivity index (χ1n) is 7.19. The molecule has 0 unspecified atom stereocenters. The van der Waals surface area contributed by atoms with Crippen LogP contribution in [0.1, 0.15) is 48.0 Å². The molecule has 1 fully saturated rings. The Balaban J connectivity index is 2.13. The monoisotopic (exact) mass is 293 g/mol. The van der Waals surface area contributed by atoms with Crippen LogP contribution in [0.25, 0.3) is 0 Å². The molecule has 0 spiro atoms. The number of hydrogen-bond donors (Lipinski definition) is 2. The van der Waals surface area contributed by atoms with Crippen molar-refractivity contribution in [2.24, 2.45) is 0 Å². The molecule has 0 atom stereocenters. The second kappa shape index (κ2) is 6.53. The maximum Gasteiger partial charge on any atom is 0.337 e. The van der Waals surface area contributed by atoms with Crippen LogP contribution >= 0.6 is 11.8 Å². The average molecular weight is 293 g/mol. The van der Waals surface area contributed by atoms with Crippen LogP contribution in [0.5, 0.6) is 0 Å². The lowest BCUT2D eigenvalue weighted by atomic mass is 9.88. The normalized spacial score (nSPS) is 17.7. The highest BCUT2D eigenvalue weighted by Crippen LogP contribution is 2.38. The molecule has 0 amide bonds. The molecule has 0 aliphatic heterocycles. The molecule has 0 radical (unpaired) electrons. The fraction of sp³-hybridized carbons (Fsp3) is 0.562. The van der Waals surface area contributed by atoms with E-state index in [1.165, 1.54) is 32.1 Å². The standard InChI is InChI=1S/C16H23NO2S/c1-12-6-7-13(15(18)19)14(10-12)17-11-16(20-2)8-4-3-5-9-16/h6-7,10,17H,3-5,8-9,11H2,1-2H3,(H,18,19). The van der Waals surface area contributed by atoms with Crippen LogP contribution in [0.2, 0.25) is 0 Å². The topological polar surface area (TPSA) is 49.3 Å². The Morgan fingerprint density at radius 3 is 2.65 bits per heavy atom. The van der Waals surface area contributed by atoms with E-state index in [2.05, 4.69) is 11.6 Å². The zero-order chi connectivity index (χ0) is 14.6. The SMILES string of the molecule is CSC1(CNc2cc(C)ccc2C(=O)O)CCCCC1. The molecule has 1 aromatic carbocycles. The summed E-state index contributed by atoms with van der Waals surface area (Å²) >= 11 is 1.92. The Bertz CT molecular complexity index is 481. The van der Waals surface area contributed by atoms with Gasteiger partial charge < -0.3 is 10.4 Å². The summed E-state index contributed by atoms with van der Waals surface area (Å²) in [4.78, 5) is 11.3. The van der Waals surface area contributed by atoms with Crippen molar-refractivity contribution in [1.82, 2.24) is 0 Å². The lowest BCUT2D eigenvalue weighted by Crippen LogP contribution is -2.35. The summed E-state index contributed by atoms with van der Waals surface area (Å²) in [5.41, 5.74) is 2.19. The van der Waals surface area contributed by atoms with Crippen LogP contribution in [-0.2, 0) is 0 Å². The smallest absolute Gasteiger partial charge is 0.337 e. The van der Waals surface area contributed by atoms with Crippen LogP contribution in [0.4, 0.5) is 5.69 Å². The van der Waals surface area contributed by atoms with Crippen LogP contribution < -0.4 is 5.32 Å². The fourth-order valence-corrected chi connectivity index (χ4v) is 3.81. The van der Waals surface area contributed by atoms with Gasteiger partial charge in [0.05, 0.1) is 5.56 Å². The van der Waals surface area contributed by atoms with Crippen molar-refractivity contribution < 1.29 is 9.90 Å². The lowest BCUT2D eigenvalue weighted by molar-refractivity contribution is 0.0698. The third kappa shape index (κ3) is 3.48. The second-order valence-corrected chi connectivity index (χ2v) is 6.93. The molecule has 20 heavy (non-hydrogen) atoms. The van der Waals surface area contributed by atoms with Gasteiger partial charge in [-0.3, -0.25) is 0 Å². The highest BCUT2D eigenvalue weighted by atomic mass is 32.2. The van der Waals surface area contributed by atoms with Crippen molar-refractivity contribution in [3.8, 4) is 0 Å². The van der Waals surface area contributed by atoms with E-state index in [-0.39, 0.29) is 4.75 Å². The number of aromatic carboxylic acids is 1. The van der Waals surface area contributed by atoms with Gasteiger partial charge in [-0.15, -0.1) is 0 Å². The molecule has 1 aliphatic rings. The second-order valence-electron chi connectivity index (χ2n) is 5.66. The predicted molar refractivity (Wildman–Crippen MR) is 86.0 cm³/mol. The molecular weight excluding hydrogens is 270 g/mol. The molecule has 0 aromatic heterocycles. The van der Waals surface area contributed by atoms with Crippen LogP contribution in [0.15, 0.2) is 18.2 Å². The zero-order valence-electron chi connectivity index (χ0n) is 12.2.